The molecule has 3 aromatic carbocycles. The molecule has 17 heteroatoms. The fourth-order valence-corrected chi connectivity index (χ4v) is 8.11. The van der Waals surface area contributed by atoms with Crippen molar-refractivity contribution in [3.05, 3.63) is 107 Å². The number of hydrogen-bond donors (Lipinski definition) is 4. The number of aromatic nitrogens is 4. The Hall–Kier alpha value is -6.49. The first-order chi connectivity index (χ1) is 28.4. The van der Waals surface area contributed by atoms with Crippen LogP contribution in [-0.4, -0.2) is 76.4 Å². The lowest BCUT2D eigenvalue weighted by molar-refractivity contribution is -0.121. The van der Waals surface area contributed by atoms with Gasteiger partial charge in [-0.25, -0.2) is 17.8 Å². The number of benzene rings is 3. The summed E-state index contributed by atoms with van der Waals surface area (Å²) in [5.74, 6) is -0.140. The summed E-state index contributed by atoms with van der Waals surface area (Å²) < 4.78 is 49.0. The minimum Gasteiger partial charge on any atom is -0.485 e. The number of sulfone groups is 1. The molecule has 5 aromatic rings. The molecule has 0 bridgehead atoms. The van der Waals surface area contributed by atoms with E-state index in [1.165, 1.54) is 46.6 Å². The van der Waals surface area contributed by atoms with Crippen molar-refractivity contribution in [2.45, 2.75) is 80.9 Å². The number of carbonyl (C=O) groups is 3. The molecule has 0 spiro atoms. The van der Waals surface area contributed by atoms with Crippen molar-refractivity contribution >= 4 is 57.0 Å². The Morgan fingerprint density at radius 1 is 1.10 bits per heavy atom. The van der Waals surface area contributed by atoms with Crippen LogP contribution in [0.5, 0.6) is 5.75 Å². The number of rotatable bonds is 15. The number of hydrogen-bond acceptors (Lipinski definition) is 12. The van der Waals surface area contributed by atoms with Crippen LogP contribution in [0.2, 0.25) is 0 Å². The lowest BCUT2D eigenvalue weighted by Gasteiger charge is -2.25. The minimum atomic E-state index is -3.92. The topological polar surface area (TPSA) is 215 Å². The summed E-state index contributed by atoms with van der Waals surface area (Å²) in [4.78, 5) is 44.8. The molecule has 0 radical (unpaired) electrons. The Balaban J connectivity index is 0.000000257. The van der Waals surface area contributed by atoms with Crippen molar-refractivity contribution in [2.24, 2.45) is 11.7 Å². The smallest absolute Gasteiger partial charge is 0.255 e. The first-order valence-corrected chi connectivity index (χ1v) is 20.6. The molecule has 2 amide bonds. The van der Waals surface area contributed by atoms with E-state index in [0.29, 0.717) is 35.7 Å². The monoisotopic (exact) mass is 823 g/mol. The standard InChI is InChI=1S/C28H30FN7O3S.C14H16N2O3/c1-17(2)39-26-25(20(14-30)15-31)32-16-36-27(26)34-28(35-36)33-24-10-9-22(13-23(24)29)40(37,38)21-8-4-7-19(12-21)11-18-5-3-6-18;1-15-13(18)7-6-11(9-17)16-8-10-4-2-3-5-12(10)14(16)19/h4,7-10,12-18,30H,3,5-6,11,31H2,1-2H3,(H,33,35);2-5,9,11H,6-8H2,1H3,(H,15,18)/b20-15+,30-14?;. The van der Waals surface area contributed by atoms with Crippen molar-refractivity contribution in [2.75, 3.05) is 12.4 Å². The number of halogens is 1. The molecule has 3 heterocycles. The Morgan fingerprint density at radius 3 is 2.51 bits per heavy atom. The van der Waals surface area contributed by atoms with Crippen molar-refractivity contribution in [1.29, 1.82) is 5.41 Å². The van der Waals surface area contributed by atoms with Crippen molar-refractivity contribution in [3.63, 3.8) is 0 Å². The summed E-state index contributed by atoms with van der Waals surface area (Å²) in [6.07, 6.45) is 9.16. The highest BCUT2D eigenvalue weighted by Gasteiger charge is 2.32. The second-order valence-corrected chi connectivity index (χ2v) is 16.4. The Kier molecular flexibility index (Phi) is 13.1. The third kappa shape index (κ3) is 9.46. The quantitative estimate of drug-likeness (QED) is 0.0747. The van der Waals surface area contributed by atoms with Crippen LogP contribution in [0.25, 0.3) is 11.2 Å². The average Bonchev–Trinajstić information content (AvgIpc) is 3.79. The molecule has 2 aromatic heterocycles. The van der Waals surface area contributed by atoms with E-state index in [2.05, 4.69) is 25.7 Å². The third-order valence-corrected chi connectivity index (χ3v) is 11.9. The normalized spacial score (nSPS) is 14.6. The van der Waals surface area contributed by atoms with Crippen LogP contribution in [-0.2, 0) is 32.4 Å². The zero-order valence-electron chi connectivity index (χ0n) is 32.9. The lowest BCUT2D eigenvalue weighted by Crippen LogP contribution is -2.37. The van der Waals surface area contributed by atoms with Crippen LogP contribution in [0.3, 0.4) is 0 Å². The molecule has 59 heavy (non-hydrogen) atoms. The number of aldehydes is 1. The highest BCUT2D eigenvalue weighted by Crippen LogP contribution is 2.33. The van der Waals surface area contributed by atoms with Gasteiger partial charge in [0.15, 0.2) is 5.75 Å². The van der Waals surface area contributed by atoms with Gasteiger partial charge in [-0.1, -0.05) is 49.6 Å². The fourth-order valence-electron chi connectivity index (χ4n) is 6.77. The first kappa shape index (κ1) is 42.1. The maximum atomic E-state index is 15.2. The van der Waals surface area contributed by atoms with E-state index in [9.17, 15) is 22.8 Å². The van der Waals surface area contributed by atoms with Gasteiger partial charge in [0.05, 0.1) is 27.6 Å². The highest BCUT2D eigenvalue weighted by molar-refractivity contribution is 7.91. The number of fused-ring (bicyclic) bond motifs is 2. The maximum Gasteiger partial charge on any atom is 0.255 e. The molecule has 7 rings (SSSR count). The second-order valence-electron chi connectivity index (χ2n) is 14.5. The van der Waals surface area contributed by atoms with Crippen molar-refractivity contribution < 1.29 is 31.9 Å². The fraction of sp³-hybridized carbons (Fsp3) is 0.310. The Bertz CT molecular complexity index is 2520. The number of nitrogens with two attached hydrogens (primary N) is 1. The molecule has 1 saturated carbocycles. The minimum absolute atomic E-state index is 0.00450. The summed E-state index contributed by atoms with van der Waals surface area (Å²) in [6.45, 7) is 4.09. The largest absolute Gasteiger partial charge is 0.485 e. The Labute approximate surface area is 341 Å². The van der Waals surface area contributed by atoms with Gasteiger partial charge in [-0.05, 0) is 80.1 Å². The highest BCUT2D eigenvalue weighted by atomic mass is 32.2. The number of nitrogens with zero attached hydrogens (tertiary/aromatic N) is 5. The van der Waals surface area contributed by atoms with Gasteiger partial charge >= 0.3 is 0 Å². The zero-order valence-corrected chi connectivity index (χ0v) is 33.7. The molecule has 308 valence electrons. The molecule has 1 aliphatic carbocycles. The van der Waals surface area contributed by atoms with Gasteiger partial charge in [0.25, 0.3) is 5.91 Å². The van der Waals surface area contributed by atoms with E-state index >= 15 is 4.39 Å². The maximum absolute atomic E-state index is 15.2. The van der Waals surface area contributed by atoms with Gasteiger partial charge in [0.2, 0.25) is 27.3 Å². The number of nitrogens with one attached hydrogen (secondary N) is 3. The van der Waals surface area contributed by atoms with Crippen LogP contribution < -0.4 is 21.1 Å². The predicted octanol–water partition coefficient (Wildman–Crippen LogP) is 5.65. The SMILES string of the molecule is CC(C)Oc1c(/C(C=N)=C/N)ncn2nc(Nc3ccc(S(=O)(=O)c4cccc(CC5CCC5)c4)cc3F)nc12.CNC(=O)CCC(C=O)N1Cc2ccccc2C1=O. The van der Waals surface area contributed by atoms with Crippen molar-refractivity contribution in [3.8, 4) is 5.75 Å². The Morgan fingerprint density at radius 2 is 1.86 bits per heavy atom. The number of anilines is 2. The predicted molar refractivity (Wildman–Crippen MR) is 220 cm³/mol. The molecule has 1 fully saturated rings. The molecule has 1 aliphatic heterocycles. The molecular formula is C42H46FN9O6S. The van der Waals surface area contributed by atoms with Gasteiger partial charge in [-0.15, -0.1) is 5.10 Å². The molecule has 5 N–H and O–H groups in total. The van der Waals surface area contributed by atoms with E-state index in [1.54, 1.807) is 31.3 Å². The molecule has 15 nitrogen and oxygen atoms in total. The number of amides is 2. The molecular weight excluding hydrogens is 778 g/mol. The van der Waals surface area contributed by atoms with Crippen LogP contribution in [0.1, 0.15) is 73.1 Å². The first-order valence-electron chi connectivity index (χ1n) is 19.2. The number of ether oxygens (including phenoxy) is 1. The van der Waals surface area contributed by atoms with Gasteiger partial charge in [0, 0.05) is 43.6 Å². The van der Waals surface area contributed by atoms with E-state index < -0.39 is 21.7 Å². The van der Waals surface area contributed by atoms with Gasteiger partial charge in [0.1, 0.15) is 24.1 Å². The number of carbonyl (C=O) groups excluding carboxylic acids is 3. The molecule has 1 atom stereocenters. The second kappa shape index (κ2) is 18.4. The van der Waals surface area contributed by atoms with Crippen LogP contribution in [0.4, 0.5) is 16.0 Å². The zero-order chi connectivity index (χ0) is 42.3. The molecule has 0 saturated heterocycles. The van der Waals surface area contributed by atoms with Gasteiger partial charge in [-0.3, -0.25) is 9.59 Å². The van der Waals surface area contributed by atoms with Gasteiger partial charge < -0.3 is 36.2 Å². The number of allylic oxidation sites excluding steroid dienone is 1. The van der Waals surface area contributed by atoms with E-state index in [4.69, 9.17) is 15.9 Å². The van der Waals surface area contributed by atoms with Crippen LogP contribution in [0.15, 0.2) is 89.0 Å². The summed E-state index contributed by atoms with van der Waals surface area (Å²) in [6, 6.07) is 17.3. The summed E-state index contributed by atoms with van der Waals surface area (Å²) in [5.41, 5.74) is 9.11. The van der Waals surface area contributed by atoms with E-state index in [1.807, 2.05) is 32.0 Å². The van der Waals surface area contributed by atoms with Crippen molar-refractivity contribution in [1.82, 2.24) is 29.8 Å². The summed E-state index contributed by atoms with van der Waals surface area (Å²) >= 11 is 0. The molecule has 2 aliphatic rings. The van der Waals surface area contributed by atoms with E-state index in [0.717, 1.165) is 49.0 Å². The van der Waals surface area contributed by atoms with Crippen LogP contribution >= 0.6 is 0 Å². The third-order valence-electron chi connectivity index (χ3n) is 10.1. The summed E-state index contributed by atoms with van der Waals surface area (Å²) in [5, 5.41) is 17.2. The van der Waals surface area contributed by atoms with E-state index in [-0.39, 0.29) is 57.2 Å². The average molecular weight is 824 g/mol. The summed E-state index contributed by atoms with van der Waals surface area (Å²) in [7, 11) is -2.36. The van der Waals surface area contributed by atoms with Crippen LogP contribution in [0, 0.1) is 17.1 Å². The van der Waals surface area contributed by atoms with Gasteiger partial charge in [-0.2, -0.15) is 9.50 Å². The molecule has 1 unspecified atom stereocenters. The lowest BCUT2D eigenvalue weighted by atomic mass is 9.81.